The molecular weight excluding hydrogens is 268 g/mol. The van der Waals surface area contributed by atoms with Crippen molar-refractivity contribution in [2.45, 2.75) is 77.2 Å². The average Bonchev–Trinajstić information content (AvgIpc) is 2.42. The Morgan fingerprint density at radius 2 is 1.55 bits per heavy atom. The number of rotatable bonds is 10. The number of alkyl halides is 1. The van der Waals surface area contributed by atoms with Gasteiger partial charge in [0.15, 0.2) is 0 Å². The summed E-state index contributed by atoms with van der Waals surface area (Å²) in [7, 11) is 0. The minimum Gasteiger partial charge on any atom is -0.491 e. The number of hydrogen-bond acceptors (Lipinski definition) is 1. The van der Waals surface area contributed by atoms with Crippen molar-refractivity contribution in [2.75, 3.05) is 0 Å². The summed E-state index contributed by atoms with van der Waals surface area (Å²) in [5, 5.41) is 0.134. The van der Waals surface area contributed by atoms with Crippen molar-refractivity contribution in [1.29, 1.82) is 0 Å². The number of hydrogen-bond donors (Lipinski definition) is 0. The first-order valence-corrected chi connectivity index (χ1v) is 8.47. The van der Waals surface area contributed by atoms with Gasteiger partial charge in [-0.15, -0.1) is 11.6 Å². The smallest absolute Gasteiger partial charge is 0.119 e. The summed E-state index contributed by atoms with van der Waals surface area (Å²) in [5.74, 6) is 0.923. The van der Waals surface area contributed by atoms with E-state index in [4.69, 9.17) is 16.3 Å². The highest BCUT2D eigenvalue weighted by Gasteiger charge is 2.08. The Morgan fingerprint density at radius 1 is 0.950 bits per heavy atom. The Hall–Kier alpha value is -0.690. The highest BCUT2D eigenvalue weighted by Crippen LogP contribution is 2.28. The van der Waals surface area contributed by atoms with E-state index in [-0.39, 0.29) is 11.5 Å². The van der Waals surface area contributed by atoms with Crippen LogP contribution >= 0.6 is 11.6 Å². The molecule has 1 aromatic carbocycles. The standard InChI is InChI=1S/C18H29ClO/c1-4-5-6-7-8-9-10-18(19)16-11-13-17(14-12-16)20-15(2)3/h11-15,18H,4-10H2,1-3H3. The molecule has 1 nitrogen and oxygen atoms in total. The normalized spacial score (nSPS) is 12.7. The van der Waals surface area contributed by atoms with Crippen LogP contribution in [0.3, 0.4) is 0 Å². The topological polar surface area (TPSA) is 9.23 Å². The molecule has 0 bridgehead atoms. The summed E-state index contributed by atoms with van der Waals surface area (Å²) in [6, 6.07) is 8.22. The van der Waals surface area contributed by atoms with Gasteiger partial charge in [0.2, 0.25) is 0 Å². The average molecular weight is 297 g/mol. The van der Waals surface area contributed by atoms with E-state index < -0.39 is 0 Å². The van der Waals surface area contributed by atoms with Gasteiger partial charge in [0.25, 0.3) is 0 Å². The summed E-state index contributed by atoms with van der Waals surface area (Å²) >= 11 is 6.46. The summed E-state index contributed by atoms with van der Waals surface area (Å²) in [5.41, 5.74) is 1.20. The van der Waals surface area contributed by atoms with Gasteiger partial charge >= 0.3 is 0 Å². The SMILES string of the molecule is CCCCCCCCC(Cl)c1ccc(OC(C)C)cc1. The molecule has 0 fully saturated rings. The lowest BCUT2D eigenvalue weighted by atomic mass is 10.0. The second-order valence-corrected chi connectivity index (χ2v) is 6.29. The van der Waals surface area contributed by atoms with Crippen LogP contribution < -0.4 is 4.74 Å². The Balaban J connectivity index is 2.27. The molecule has 0 saturated carbocycles. The first kappa shape index (κ1) is 17.4. The lowest BCUT2D eigenvalue weighted by Gasteiger charge is -2.13. The van der Waals surface area contributed by atoms with Crippen molar-refractivity contribution in [2.24, 2.45) is 0 Å². The Kier molecular flexibility index (Phi) is 8.77. The van der Waals surface area contributed by atoms with Crippen LogP contribution in [0.2, 0.25) is 0 Å². The van der Waals surface area contributed by atoms with E-state index in [1.165, 1.54) is 44.1 Å². The zero-order chi connectivity index (χ0) is 14.8. The number of ether oxygens (including phenoxy) is 1. The molecule has 0 heterocycles. The Labute approximate surface area is 129 Å². The third kappa shape index (κ3) is 7.19. The predicted molar refractivity (Wildman–Crippen MR) is 88.8 cm³/mol. The molecule has 0 aliphatic carbocycles. The van der Waals surface area contributed by atoms with Crippen LogP contribution in [-0.2, 0) is 0 Å². The quantitative estimate of drug-likeness (QED) is 0.353. The van der Waals surface area contributed by atoms with E-state index in [0.717, 1.165) is 12.2 Å². The van der Waals surface area contributed by atoms with Crippen molar-refractivity contribution in [3.63, 3.8) is 0 Å². The van der Waals surface area contributed by atoms with Crippen LogP contribution in [-0.4, -0.2) is 6.10 Å². The van der Waals surface area contributed by atoms with E-state index in [0.29, 0.717) is 0 Å². The van der Waals surface area contributed by atoms with Crippen molar-refractivity contribution in [3.05, 3.63) is 29.8 Å². The van der Waals surface area contributed by atoms with Gasteiger partial charge in [0, 0.05) is 0 Å². The van der Waals surface area contributed by atoms with Gasteiger partial charge in [0.1, 0.15) is 5.75 Å². The molecule has 0 amide bonds. The fraction of sp³-hybridized carbons (Fsp3) is 0.667. The highest BCUT2D eigenvalue weighted by molar-refractivity contribution is 6.20. The maximum atomic E-state index is 6.46. The van der Waals surface area contributed by atoms with Crippen molar-refractivity contribution >= 4 is 11.6 Å². The van der Waals surface area contributed by atoms with Crippen molar-refractivity contribution in [3.8, 4) is 5.75 Å². The minimum absolute atomic E-state index is 0.134. The van der Waals surface area contributed by atoms with Crippen LogP contribution in [0, 0.1) is 0 Å². The minimum atomic E-state index is 0.134. The van der Waals surface area contributed by atoms with Gasteiger partial charge in [-0.05, 0) is 38.0 Å². The fourth-order valence-electron chi connectivity index (χ4n) is 2.30. The molecule has 1 atom stereocenters. The summed E-state index contributed by atoms with van der Waals surface area (Å²) < 4.78 is 5.64. The molecular formula is C18H29ClO. The zero-order valence-corrected chi connectivity index (χ0v) is 14.0. The Morgan fingerprint density at radius 3 is 2.15 bits per heavy atom. The first-order valence-electron chi connectivity index (χ1n) is 8.04. The number of benzene rings is 1. The number of halogens is 1. The van der Waals surface area contributed by atoms with Crippen LogP contribution in [0.25, 0.3) is 0 Å². The second kappa shape index (κ2) is 10.1. The molecule has 0 N–H and O–H groups in total. The summed E-state index contributed by atoms with van der Waals surface area (Å²) in [6.07, 6.45) is 9.20. The van der Waals surface area contributed by atoms with Crippen molar-refractivity contribution < 1.29 is 4.74 Å². The predicted octanol–water partition coefficient (Wildman–Crippen LogP) is 6.50. The van der Waals surface area contributed by atoms with E-state index in [9.17, 15) is 0 Å². The molecule has 1 aromatic rings. The lowest BCUT2D eigenvalue weighted by Crippen LogP contribution is -2.05. The molecule has 0 radical (unpaired) electrons. The summed E-state index contributed by atoms with van der Waals surface area (Å²) in [6.45, 7) is 6.33. The van der Waals surface area contributed by atoms with Gasteiger partial charge in [-0.1, -0.05) is 57.6 Å². The van der Waals surface area contributed by atoms with E-state index in [2.05, 4.69) is 19.1 Å². The second-order valence-electron chi connectivity index (χ2n) is 5.76. The van der Waals surface area contributed by atoms with Gasteiger partial charge in [-0.3, -0.25) is 0 Å². The fourth-order valence-corrected chi connectivity index (χ4v) is 2.60. The van der Waals surface area contributed by atoms with E-state index >= 15 is 0 Å². The number of unbranched alkanes of at least 4 members (excludes halogenated alkanes) is 5. The molecule has 0 spiro atoms. The van der Waals surface area contributed by atoms with Gasteiger partial charge in [-0.2, -0.15) is 0 Å². The summed E-state index contributed by atoms with van der Waals surface area (Å²) in [4.78, 5) is 0. The molecule has 0 aliphatic heterocycles. The highest BCUT2D eigenvalue weighted by atomic mass is 35.5. The molecule has 0 saturated heterocycles. The van der Waals surface area contributed by atoms with Crippen LogP contribution in [0.15, 0.2) is 24.3 Å². The third-order valence-electron chi connectivity index (χ3n) is 3.42. The molecule has 2 heteroatoms. The van der Waals surface area contributed by atoms with E-state index in [1.807, 2.05) is 26.0 Å². The molecule has 0 aliphatic rings. The van der Waals surface area contributed by atoms with Crippen LogP contribution in [0.1, 0.15) is 76.7 Å². The van der Waals surface area contributed by atoms with Crippen LogP contribution in [0.4, 0.5) is 0 Å². The monoisotopic (exact) mass is 296 g/mol. The van der Waals surface area contributed by atoms with Crippen molar-refractivity contribution in [1.82, 2.24) is 0 Å². The molecule has 1 rings (SSSR count). The Bertz CT molecular complexity index is 345. The third-order valence-corrected chi connectivity index (χ3v) is 3.89. The molecule has 0 aromatic heterocycles. The van der Waals surface area contributed by atoms with E-state index in [1.54, 1.807) is 0 Å². The van der Waals surface area contributed by atoms with Gasteiger partial charge < -0.3 is 4.74 Å². The molecule has 1 unspecified atom stereocenters. The lowest BCUT2D eigenvalue weighted by molar-refractivity contribution is 0.242. The maximum absolute atomic E-state index is 6.46. The molecule has 114 valence electrons. The maximum Gasteiger partial charge on any atom is 0.119 e. The molecule has 20 heavy (non-hydrogen) atoms. The first-order chi connectivity index (χ1) is 9.63. The largest absolute Gasteiger partial charge is 0.491 e. The van der Waals surface area contributed by atoms with Gasteiger partial charge in [0.05, 0.1) is 11.5 Å². The van der Waals surface area contributed by atoms with Gasteiger partial charge in [-0.25, -0.2) is 0 Å². The van der Waals surface area contributed by atoms with Crippen LogP contribution in [0.5, 0.6) is 5.75 Å². The zero-order valence-electron chi connectivity index (χ0n) is 13.2.